The molecule has 0 saturated carbocycles. The Hall–Kier alpha value is -1.10. The molecule has 0 aromatic rings. The van der Waals surface area contributed by atoms with Crippen LogP contribution in [0.2, 0.25) is 0 Å². The summed E-state index contributed by atoms with van der Waals surface area (Å²) in [5, 5.41) is 11.3. The minimum atomic E-state index is -0.982. The molecule has 0 heterocycles. The predicted octanol–water partition coefficient (Wildman–Crippen LogP) is 0.341. The predicted molar refractivity (Wildman–Crippen MR) is 57.3 cm³/mol. The topological polar surface area (TPSA) is 92.4 Å². The van der Waals surface area contributed by atoms with Crippen LogP contribution in [0.4, 0.5) is 0 Å². The molecule has 0 saturated heterocycles. The zero-order chi connectivity index (χ0) is 11.8. The summed E-state index contributed by atoms with van der Waals surface area (Å²) in [6.45, 7) is 4.28. The Kier molecular flexibility index (Phi) is 6.70. The molecule has 15 heavy (non-hydrogen) atoms. The molecule has 0 aliphatic heterocycles. The molecular weight excluding hydrogens is 196 g/mol. The quantitative estimate of drug-likeness (QED) is 0.572. The van der Waals surface area contributed by atoms with Crippen LogP contribution in [-0.4, -0.2) is 29.6 Å². The number of carboxylic acids is 1. The second-order valence-corrected chi connectivity index (χ2v) is 3.98. The minimum Gasteiger partial charge on any atom is -0.480 e. The van der Waals surface area contributed by atoms with Crippen molar-refractivity contribution in [3.8, 4) is 0 Å². The van der Waals surface area contributed by atoms with Crippen LogP contribution in [0.1, 0.15) is 33.1 Å². The fourth-order valence-electron chi connectivity index (χ4n) is 1.22. The molecule has 1 atom stereocenters. The number of carbonyl (C=O) groups excluding carboxylic acids is 1. The molecule has 0 bridgehead atoms. The standard InChI is InChI=1S/C10H20N2O3/c1-7(2)6-8(10(14)15)12-9(13)4-3-5-11/h7-8H,3-6,11H2,1-2H3,(H,12,13)(H,14,15). The highest BCUT2D eigenvalue weighted by atomic mass is 16.4. The van der Waals surface area contributed by atoms with E-state index in [9.17, 15) is 9.59 Å². The number of aliphatic carboxylic acids is 1. The summed E-state index contributed by atoms with van der Waals surface area (Å²) in [6, 6.07) is -0.782. The van der Waals surface area contributed by atoms with Crippen molar-refractivity contribution in [2.24, 2.45) is 11.7 Å². The van der Waals surface area contributed by atoms with Gasteiger partial charge in [-0.2, -0.15) is 0 Å². The van der Waals surface area contributed by atoms with E-state index < -0.39 is 12.0 Å². The first-order chi connectivity index (χ1) is 6.97. The van der Waals surface area contributed by atoms with E-state index in [2.05, 4.69) is 5.32 Å². The van der Waals surface area contributed by atoms with E-state index in [1.165, 1.54) is 0 Å². The number of amides is 1. The number of hydrogen-bond acceptors (Lipinski definition) is 3. The van der Waals surface area contributed by atoms with Crippen LogP contribution in [0.5, 0.6) is 0 Å². The van der Waals surface area contributed by atoms with Gasteiger partial charge in [0.1, 0.15) is 6.04 Å². The summed E-state index contributed by atoms with van der Waals surface area (Å²) in [4.78, 5) is 22.1. The number of nitrogens with two attached hydrogens (primary N) is 1. The van der Waals surface area contributed by atoms with Crippen molar-refractivity contribution in [3.63, 3.8) is 0 Å². The molecule has 88 valence electrons. The van der Waals surface area contributed by atoms with Crippen LogP contribution in [0.15, 0.2) is 0 Å². The Labute approximate surface area is 90.0 Å². The summed E-state index contributed by atoms with van der Waals surface area (Å²) < 4.78 is 0. The summed E-state index contributed by atoms with van der Waals surface area (Å²) in [6.07, 6.45) is 1.32. The van der Waals surface area contributed by atoms with Crippen LogP contribution in [0, 0.1) is 5.92 Å². The van der Waals surface area contributed by atoms with Gasteiger partial charge in [-0.3, -0.25) is 4.79 Å². The highest BCUT2D eigenvalue weighted by Gasteiger charge is 2.20. The van der Waals surface area contributed by atoms with Crippen LogP contribution in [0.3, 0.4) is 0 Å². The second-order valence-electron chi connectivity index (χ2n) is 3.98. The van der Waals surface area contributed by atoms with Crippen LogP contribution in [-0.2, 0) is 9.59 Å². The zero-order valence-corrected chi connectivity index (χ0v) is 9.32. The van der Waals surface area contributed by atoms with Crippen molar-refractivity contribution in [2.75, 3.05) is 6.54 Å². The SMILES string of the molecule is CC(C)CC(NC(=O)CCCN)C(=O)O. The molecule has 0 rings (SSSR count). The Morgan fingerprint density at radius 3 is 2.40 bits per heavy atom. The minimum absolute atomic E-state index is 0.237. The van der Waals surface area contributed by atoms with Crippen molar-refractivity contribution in [1.29, 1.82) is 0 Å². The third kappa shape index (κ3) is 6.90. The molecule has 1 unspecified atom stereocenters. The van der Waals surface area contributed by atoms with Gasteiger partial charge < -0.3 is 16.2 Å². The summed E-state index contributed by atoms with van der Waals surface area (Å²) in [5.41, 5.74) is 5.25. The smallest absolute Gasteiger partial charge is 0.326 e. The largest absolute Gasteiger partial charge is 0.480 e. The summed E-state index contributed by atoms with van der Waals surface area (Å²) >= 11 is 0. The van der Waals surface area contributed by atoms with Gasteiger partial charge >= 0.3 is 5.97 Å². The monoisotopic (exact) mass is 216 g/mol. The maximum absolute atomic E-state index is 11.3. The lowest BCUT2D eigenvalue weighted by molar-refractivity contribution is -0.142. The number of carboxylic acid groups (broad SMARTS) is 1. The molecule has 0 radical (unpaired) electrons. The fourth-order valence-corrected chi connectivity index (χ4v) is 1.22. The zero-order valence-electron chi connectivity index (χ0n) is 9.32. The molecule has 0 aliphatic carbocycles. The number of hydrogen-bond donors (Lipinski definition) is 3. The highest BCUT2D eigenvalue weighted by Crippen LogP contribution is 2.05. The van der Waals surface area contributed by atoms with Crippen molar-refractivity contribution >= 4 is 11.9 Å². The first-order valence-electron chi connectivity index (χ1n) is 5.19. The van der Waals surface area contributed by atoms with Crippen LogP contribution in [0.25, 0.3) is 0 Å². The Balaban J connectivity index is 4.05. The van der Waals surface area contributed by atoms with Crippen molar-refractivity contribution < 1.29 is 14.7 Å². The van der Waals surface area contributed by atoms with Gasteiger partial charge in [-0.1, -0.05) is 13.8 Å². The van der Waals surface area contributed by atoms with Crippen LogP contribution < -0.4 is 11.1 Å². The third-order valence-corrected chi connectivity index (χ3v) is 1.95. The van der Waals surface area contributed by atoms with Gasteiger partial charge in [0.25, 0.3) is 0 Å². The van der Waals surface area contributed by atoms with Gasteiger partial charge in [0.05, 0.1) is 0 Å². The average Bonchev–Trinajstić information content (AvgIpc) is 2.12. The molecule has 0 aromatic carbocycles. The molecule has 0 spiro atoms. The normalized spacial score (nSPS) is 12.5. The summed E-state index contributed by atoms with van der Waals surface area (Å²) in [5.74, 6) is -0.987. The van der Waals surface area contributed by atoms with E-state index >= 15 is 0 Å². The lowest BCUT2D eigenvalue weighted by Gasteiger charge is -2.16. The van der Waals surface area contributed by atoms with Gasteiger partial charge in [0.2, 0.25) is 5.91 Å². The van der Waals surface area contributed by atoms with E-state index in [-0.39, 0.29) is 11.8 Å². The van der Waals surface area contributed by atoms with E-state index in [0.29, 0.717) is 25.8 Å². The van der Waals surface area contributed by atoms with Crippen molar-refractivity contribution in [2.45, 2.75) is 39.2 Å². The molecule has 0 fully saturated rings. The number of nitrogens with one attached hydrogen (secondary N) is 1. The first-order valence-corrected chi connectivity index (χ1v) is 5.19. The van der Waals surface area contributed by atoms with Crippen molar-refractivity contribution in [1.82, 2.24) is 5.32 Å². The number of carbonyl (C=O) groups is 2. The number of rotatable bonds is 7. The second kappa shape index (κ2) is 7.23. The molecule has 5 nitrogen and oxygen atoms in total. The molecule has 0 aromatic heterocycles. The van der Waals surface area contributed by atoms with E-state index in [0.717, 1.165) is 0 Å². The lowest BCUT2D eigenvalue weighted by atomic mass is 10.0. The van der Waals surface area contributed by atoms with Gasteiger partial charge in [-0.15, -0.1) is 0 Å². The molecule has 0 aliphatic rings. The molecule has 4 N–H and O–H groups in total. The lowest BCUT2D eigenvalue weighted by Crippen LogP contribution is -2.41. The Bertz CT molecular complexity index is 217. The van der Waals surface area contributed by atoms with E-state index in [4.69, 9.17) is 10.8 Å². The highest BCUT2D eigenvalue weighted by molar-refractivity contribution is 5.83. The van der Waals surface area contributed by atoms with E-state index in [1.807, 2.05) is 13.8 Å². The average molecular weight is 216 g/mol. The van der Waals surface area contributed by atoms with Gasteiger partial charge in [0, 0.05) is 6.42 Å². The van der Waals surface area contributed by atoms with Gasteiger partial charge in [0.15, 0.2) is 0 Å². The van der Waals surface area contributed by atoms with Gasteiger partial charge in [-0.25, -0.2) is 4.79 Å². The third-order valence-electron chi connectivity index (χ3n) is 1.95. The Morgan fingerprint density at radius 2 is 2.00 bits per heavy atom. The first kappa shape index (κ1) is 13.9. The summed E-state index contributed by atoms with van der Waals surface area (Å²) in [7, 11) is 0. The molecule has 1 amide bonds. The van der Waals surface area contributed by atoms with E-state index in [1.54, 1.807) is 0 Å². The van der Waals surface area contributed by atoms with Gasteiger partial charge in [-0.05, 0) is 25.3 Å². The maximum atomic E-state index is 11.3. The van der Waals surface area contributed by atoms with Crippen LogP contribution >= 0.6 is 0 Å². The van der Waals surface area contributed by atoms with Crippen molar-refractivity contribution in [3.05, 3.63) is 0 Å². The Morgan fingerprint density at radius 1 is 1.40 bits per heavy atom. The maximum Gasteiger partial charge on any atom is 0.326 e. The fraction of sp³-hybridized carbons (Fsp3) is 0.800. The molecular formula is C10H20N2O3. The molecule has 5 heteroatoms.